The van der Waals surface area contributed by atoms with E-state index in [9.17, 15) is 10.1 Å². The smallest absolute Gasteiger partial charge is 0.263 e. The number of carbonyl (C=O) groups excluding carboxylic acids is 1. The van der Waals surface area contributed by atoms with Crippen LogP contribution in [-0.4, -0.2) is 42.0 Å². The lowest BCUT2D eigenvalue weighted by molar-refractivity contribution is 0.0772. The fourth-order valence-electron chi connectivity index (χ4n) is 3.83. The summed E-state index contributed by atoms with van der Waals surface area (Å²) in [6, 6.07) is 12.2. The van der Waals surface area contributed by atoms with Crippen molar-refractivity contribution < 1.29 is 4.79 Å². The van der Waals surface area contributed by atoms with Gasteiger partial charge in [-0.1, -0.05) is 12.1 Å². The number of aromatic nitrogens is 1. The van der Waals surface area contributed by atoms with Crippen LogP contribution in [0.3, 0.4) is 0 Å². The summed E-state index contributed by atoms with van der Waals surface area (Å²) in [4.78, 5) is 22.4. The molecule has 5 nitrogen and oxygen atoms in total. The molecule has 4 rings (SSSR count). The first kappa shape index (κ1) is 18.5. The van der Waals surface area contributed by atoms with E-state index in [0.29, 0.717) is 18.7 Å². The Morgan fingerprint density at radius 3 is 2.79 bits per heavy atom. The lowest BCUT2D eigenvalue weighted by Gasteiger charge is -2.24. The van der Waals surface area contributed by atoms with E-state index in [0.717, 1.165) is 52.2 Å². The number of nitriles is 1. The molecule has 142 valence electrons. The van der Waals surface area contributed by atoms with Crippen molar-refractivity contribution >= 4 is 34.0 Å². The number of thiophene rings is 1. The molecule has 1 saturated heterocycles. The normalized spacial score (nSPS) is 14.8. The number of amides is 1. The summed E-state index contributed by atoms with van der Waals surface area (Å²) in [5.41, 5.74) is 3.81. The third kappa shape index (κ3) is 3.46. The first-order chi connectivity index (χ1) is 13.6. The number of nitrogens with zero attached hydrogens (tertiary/aromatic N) is 4. The molecular weight excluding hydrogens is 368 g/mol. The molecular formula is C22H22N4OS. The van der Waals surface area contributed by atoms with E-state index in [4.69, 9.17) is 4.98 Å². The average molecular weight is 391 g/mol. The molecule has 6 heteroatoms. The van der Waals surface area contributed by atoms with Crippen molar-refractivity contribution in [2.75, 3.05) is 31.1 Å². The van der Waals surface area contributed by atoms with Crippen molar-refractivity contribution in [1.29, 1.82) is 5.26 Å². The van der Waals surface area contributed by atoms with Gasteiger partial charge >= 0.3 is 0 Å². The second kappa shape index (κ2) is 7.61. The van der Waals surface area contributed by atoms with E-state index in [1.807, 2.05) is 28.5 Å². The van der Waals surface area contributed by atoms with Crippen molar-refractivity contribution in [3.8, 4) is 6.07 Å². The van der Waals surface area contributed by atoms with Gasteiger partial charge in [-0.05, 0) is 55.0 Å². The highest BCUT2D eigenvalue weighted by Crippen LogP contribution is 2.27. The maximum absolute atomic E-state index is 12.7. The van der Waals surface area contributed by atoms with Crippen molar-refractivity contribution in [3.63, 3.8) is 0 Å². The lowest BCUT2D eigenvalue weighted by atomic mass is 10.0. The molecule has 1 aromatic carbocycles. The third-order valence-electron chi connectivity index (χ3n) is 5.20. The summed E-state index contributed by atoms with van der Waals surface area (Å²) in [5.74, 6) is 0.820. The van der Waals surface area contributed by atoms with Crippen molar-refractivity contribution in [2.45, 2.75) is 20.3 Å². The number of fused-ring (bicyclic) bond motifs is 1. The third-order valence-corrected chi connectivity index (χ3v) is 6.06. The Hall–Kier alpha value is -2.91. The minimum absolute atomic E-state index is 0.0927. The number of rotatable bonds is 2. The molecule has 0 N–H and O–H groups in total. The first-order valence-electron chi connectivity index (χ1n) is 9.46. The molecule has 1 amide bonds. The molecule has 0 aliphatic carbocycles. The molecule has 0 atom stereocenters. The highest BCUT2D eigenvalue weighted by Gasteiger charge is 2.23. The molecule has 1 aliphatic rings. The van der Waals surface area contributed by atoms with Crippen molar-refractivity contribution in [3.05, 3.63) is 57.3 Å². The lowest BCUT2D eigenvalue weighted by Crippen LogP contribution is -2.35. The molecule has 0 unspecified atom stereocenters. The minimum atomic E-state index is 0.0927. The van der Waals surface area contributed by atoms with Crippen LogP contribution in [0.4, 0.5) is 5.82 Å². The van der Waals surface area contributed by atoms with E-state index < -0.39 is 0 Å². The maximum Gasteiger partial charge on any atom is 0.263 e. The Morgan fingerprint density at radius 1 is 1.18 bits per heavy atom. The first-order valence-corrected chi connectivity index (χ1v) is 10.3. The van der Waals surface area contributed by atoms with Crippen LogP contribution in [0.5, 0.6) is 0 Å². The summed E-state index contributed by atoms with van der Waals surface area (Å²) in [6.45, 7) is 6.93. The van der Waals surface area contributed by atoms with Gasteiger partial charge in [-0.3, -0.25) is 4.79 Å². The van der Waals surface area contributed by atoms with Crippen LogP contribution in [0, 0.1) is 25.2 Å². The van der Waals surface area contributed by atoms with Crippen LogP contribution >= 0.6 is 11.3 Å². The number of benzene rings is 1. The Balaban J connectivity index is 1.63. The summed E-state index contributed by atoms with van der Waals surface area (Å²) >= 11 is 1.48. The second-order valence-corrected chi connectivity index (χ2v) is 8.18. The van der Waals surface area contributed by atoms with Gasteiger partial charge in [0.25, 0.3) is 5.91 Å². The predicted molar refractivity (Wildman–Crippen MR) is 113 cm³/mol. The predicted octanol–water partition coefficient (Wildman–Crippen LogP) is 4.14. The van der Waals surface area contributed by atoms with Gasteiger partial charge in [0.1, 0.15) is 11.9 Å². The average Bonchev–Trinajstić information content (AvgIpc) is 3.11. The standard InChI is InChI=1S/C22H22N4OS/c1-15-11-16(2)18-13-17(14-23)21(24-19(18)12-15)25-6-4-7-26(9-8-25)22(27)20-5-3-10-28-20/h3,5,10-13H,4,6-9H2,1-2H3. The number of anilines is 1. The van der Waals surface area contributed by atoms with E-state index in [1.54, 1.807) is 0 Å². The van der Waals surface area contributed by atoms with Gasteiger partial charge in [0.05, 0.1) is 16.0 Å². The Labute approximate surface area is 168 Å². The monoisotopic (exact) mass is 390 g/mol. The Morgan fingerprint density at radius 2 is 2.04 bits per heavy atom. The number of hydrogen-bond acceptors (Lipinski definition) is 5. The van der Waals surface area contributed by atoms with E-state index in [-0.39, 0.29) is 5.91 Å². The SMILES string of the molecule is Cc1cc(C)c2cc(C#N)c(N3CCCN(C(=O)c4cccs4)CC3)nc2c1. The van der Waals surface area contributed by atoms with E-state index in [1.165, 1.54) is 11.3 Å². The summed E-state index contributed by atoms with van der Waals surface area (Å²) in [6.07, 6.45) is 0.856. The number of carbonyl (C=O) groups is 1. The van der Waals surface area contributed by atoms with Crippen molar-refractivity contribution in [1.82, 2.24) is 9.88 Å². The highest BCUT2D eigenvalue weighted by molar-refractivity contribution is 7.12. The summed E-state index contributed by atoms with van der Waals surface area (Å²) in [7, 11) is 0. The van der Waals surface area contributed by atoms with Crippen molar-refractivity contribution in [2.24, 2.45) is 0 Å². The molecule has 3 heterocycles. The van der Waals surface area contributed by atoms with Gasteiger partial charge in [-0.25, -0.2) is 4.98 Å². The van der Waals surface area contributed by atoms with Crippen LogP contribution in [-0.2, 0) is 0 Å². The quantitative estimate of drug-likeness (QED) is 0.660. The zero-order chi connectivity index (χ0) is 19.7. The molecule has 0 saturated carbocycles. The van der Waals surface area contributed by atoms with Gasteiger partial charge in [-0.15, -0.1) is 11.3 Å². The highest BCUT2D eigenvalue weighted by atomic mass is 32.1. The van der Waals surface area contributed by atoms with Gasteiger partial charge in [0.2, 0.25) is 0 Å². The number of aryl methyl sites for hydroxylation is 2. The Kier molecular flexibility index (Phi) is 5.01. The van der Waals surface area contributed by atoms with Crippen LogP contribution in [0.2, 0.25) is 0 Å². The van der Waals surface area contributed by atoms with Crippen LogP contribution in [0.1, 0.15) is 32.8 Å². The maximum atomic E-state index is 12.7. The molecule has 1 fully saturated rings. The summed E-state index contributed by atoms with van der Waals surface area (Å²) < 4.78 is 0. The zero-order valence-electron chi connectivity index (χ0n) is 16.1. The zero-order valence-corrected chi connectivity index (χ0v) is 16.9. The fourth-order valence-corrected chi connectivity index (χ4v) is 4.52. The van der Waals surface area contributed by atoms with E-state index >= 15 is 0 Å². The molecule has 0 bridgehead atoms. The van der Waals surface area contributed by atoms with E-state index in [2.05, 4.69) is 36.9 Å². The van der Waals surface area contributed by atoms with Gasteiger partial charge < -0.3 is 9.80 Å². The molecule has 2 aromatic heterocycles. The topological polar surface area (TPSA) is 60.2 Å². The number of pyridine rings is 1. The number of hydrogen-bond donors (Lipinski definition) is 0. The molecule has 1 aliphatic heterocycles. The van der Waals surface area contributed by atoms with Gasteiger partial charge in [0, 0.05) is 31.6 Å². The van der Waals surface area contributed by atoms with Crippen LogP contribution < -0.4 is 4.90 Å². The molecule has 0 spiro atoms. The fraction of sp³-hybridized carbons (Fsp3) is 0.318. The van der Waals surface area contributed by atoms with Crippen LogP contribution in [0.15, 0.2) is 35.7 Å². The molecule has 28 heavy (non-hydrogen) atoms. The van der Waals surface area contributed by atoms with Crippen LogP contribution in [0.25, 0.3) is 10.9 Å². The largest absolute Gasteiger partial charge is 0.354 e. The molecule has 0 radical (unpaired) electrons. The van der Waals surface area contributed by atoms with Gasteiger partial charge in [-0.2, -0.15) is 5.26 Å². The van der Waals surface area contributed by atoms with Gasteiger partial charge in [0.15, 0.2) is 0 Å². The minimum Gasteiger partial charge on any atom is -0.354 e. The summed E-state index contributed by atoms with van der Waals surface area (Å²) in [5, 5.41) is 12.7. The Bertz CT molecular complexity index is 1070. The molecule has 3 aromatic rings. The second-order valence-electron chi connectivity index (χ2n) is 7.23.